The van der Waals surface area contributed by atoms with E-state index < -0.39 is 0 Å². The van der Waals surface area contributed by atoms with Gasteiger partial charge in [0.2, 0.25) is 0 Å². The van der Waals surface area contributed by atoms with Crippen molar-refractivity contribution in [1.29, 1.82) is 0 Å². The van der Waals surface area contributed by atoms with Crippen molar-refractivity contribution in [2.45, 2.75) is 26.7 Å². The maximum absolute atomic E-state index is 12.0. The van der Waals surface area contributed by atoms with Crippen LogP contribution >= 0.6 is 11.3 Å². The molecule has 0 fully saturated rings. The van der Waals surface area contributed by atoms with E-state index in [2.05, 4.69) is 50.4 Å². The standard InChI is InChI=1S/C25H23N5OS/c1-3-5-6-8-17-11-20(16-27-14-17)19-12-21(18-9-7-10-26-15-18)23-22(13-19)29-25(32-23)30-24(31)28-4-2/h7,9-16H,3-5H2,1-2H3,(H2,28,29,30,31). The fourth-order valence-electron chi connectivity index (χ4n) is 3.25. The summed E-state index contributed by atoms with van der Waals surface area (Å²) < 4.78 is 0.986. The molecule has 0 radical (unpaired) electrons. The Hall–Kier alpha value is -3.76. The van der Waals surface area contributed by atoms with E-state index in [1.54, 1.807) is 12.4 Å². The van der Waals surface area contributed by atoms with Gasteiger partial charge in [-0.3, -0.25) is 15.3 Å². The molecule has 0 spiro atoms. The molecule has 0 bridgehead atoms. The molecule has 0 saturated carbocycles. The molecule has 1 aromatic carbocycles. The van der Waals surface area contributed by atoms with E-state index in [4.69, 9.17) is 0 Å². The lowest BCUT2D eigenvalue weighted by molar-refractivity contribution is 0.252. The molecule has 0 unspecified atom stereocenters. The number of pyridine rings is 2. The van der Waals surface area contributed by atoms with Crippen molar-refractivity contribution in [2.24, 2.45) is 0 Å². The monoisotopic (exact) mass is 441 g/mol. The van der Waals surface area contributed by atoms with Crippen LogP contribution in [0.25, 0.3) is 32.5 Å². The van der Waals surface area contributed by atoms with Gasteiger partial charge in [-0.25, -0.2) is 9.78 Å². The second-order valence-corrected chi connectivity index (χ2v) is 8.13. The Morgan fingerprint density at radius 1 is 1.06 bits per heavy atom. The van der Waals surface area contributed by atoms with Crippen LogP contribution < -0.4 is 10.6 Å². The molecule has 2 N–H and O–H groups in total. The third-order valence-corrected chi connectivity index (χ3v) is 5.72. The number of hydrogen-bond donors (Lipinski definition) is 2. The molecule has 0 aliphatic heterocycles. The zero-order valence-corrected chi connectivity index (χ0v) is 18.8. The maximum atomic E-state index is 12.0. The van der Waals surface area contributed by atoms with Crippen LogP contribution in [0.1, 0.15) is 32.3 Å². The third kappa shape index (κ3) is 4.93. The van der Waals surface area contributed by atoms with Crippen LogP contribution in [0.3, 0.4) is 0 Å². The number of hydrogen-bond acceptors (Lipinski definition) is 5. The van der Waals surface area contributed by atoms with Crippen molar-refractivity contribution in [3.63, 3.8) is 0 Å². The highest BCUT2D eigenvalue weighted by atomic mass is 32.1. The van der Waals surface area contributed by atoms with Crippen LogP contribution in [0, 0.1) is 11.8 Å². The van der Waals surface area contributed by atoms with Crippen molar-refractivity contribution in [2.75, 3.05) is 11.9 Å². The van der Waals surface area contributed by atoms with E-state index in [-0.39, 0.29) is 6.03 Å². The van der Waals surface area contributed by atoms with E-state index in [9.17, 15) is 4.79 Å². The molecule has 0 aliphatic carbocycles. The largest absolute Gasteiger partial charge is 0.338 e. The number of carbonyl (C=O) groups excluding carboxylic acids is 1. The van der Waals surface area contributed by atoms with Gasteiger partial charge in [-0.15, -0.1) is 0 Å². The van der Waals surface area contributed by atoms with Gasteiger partial charge in [0.1, 0.15) is 0 Å². The van der Waals surface area contributed by atoms with Crippen molar-refractivity contribution in [3.8, 4) is 34.1 Å². The molecule has 7 heteroatoms. The number of amides is 2. The SMILES string of the molecule is CCCC#Cc1cncc(-c2cc(-c3cccnc3)c3sc(NC(=O)NCC)nc3c2)c1. The first-order valence-electron chi connectivity index (χ1n) is 10.5. The van der Waals surface area contributed by atoms with Gasteiger partial charge in [0, 0.05) is 60.0 Å². The Bertz CT molecular complexity index is 1300. The third-order valence-electron chi connectivity index (χ3n) is 4.70. The molecule has 4 rings (SSSR count). The fourth-order valence-corrected chi connectivity index (χ4v) is 4.22. The van der Waals surface area contributed by atoms with Crippen LogP contribution in [-0.2, 0) is 0 Å². The van der Waals surface area contributed by atoms with Gasteiger partial charge in [-0.2, -0.15) is 0 Å². The summed E-state index contributed by atoms with van der Waals surface area (Å²) in [6.45, 7) is 4.53. The fraction of sp³-hybridized carbons (Fsp3) is 0.200. The Morgan fingerprint density at radius 3 is 2.72 bits per heavy atom. The molecule has 32 heavy (non-hydrogen) atoms. The number of nitrogens with zero attached hydrogens (tertiary/aromatic N) is 3. The quantitative estimate of drug-likeness (QED) is 0.389. The topological polar surface area (TPSA) is 79.8 Å². The molecule has 2 amide bonds. The number of fused-ring (bicyclic) bond motifs is 1. The van der Waals surface area contributed by atoms with Crippen LogP contribution in [0.5, 0.6) is 0 Å². The van der Waals surface area contributed by atoms with Crippen LogP contribution in [0.15, 0.2) is 55.1 Å². The average molecular weight is 442 g/mol. The molecular weight excluding hydrogens is 418 g/mol. The first kappa shape index (κ1) is 21.5. The predicted octanol–water partition coefficient (Wildman–Crippen LogP) is 5.71. The number of benzene rings is 1. The average Bonchev–Trinajstić information content (AvgIpc) is 3.21. The number of nitrogens with one attached hydrogen (secondary N) is 2. The number of carbonyl (C=O) groups is 1. The van der Waals surface area contributed by atoms with Crippen LogP contribution in [-0.4, -0.2) is 27.5 Å². The summed E-state index contributed by atoms with van der Waals surface area (Å²) in [5.41, 5.74) is 5.63. The van der Waals surface area contributed by atoms with Gasteiger partial charge in [0.05, 0.1) is 10.2 Å². The molecule has 4 aromatic rings. The van der Waals surface area contributed by atoms with Crippen molar-refractivity contribution >= 4 is 32.7 Å². The number of thiazole rings is 1. The molecule has 0 aliphatic rings. The highest BCUT2D eigenvalue weighted by Crippen LogP contribution is 2.38. The van der Waals surface area contributed by atoms with Crippen molar-refractivity contribution in [3.05, 3.63) is 60.7 Å². The van der Waals surface area contributed by atoms with Gasteiger partial charge in [-0.1, -0.05) is 36.2 Å². The number of aromatic nitrogens is 3. The number of anilines is 1. The molecule has 3 aromatic heterocycles. The van der Waals surface area contributed by atoms with Crippen molar-refractivity contribution < 1.29 is 4.79 Å². The Morgan fingerprint density at radius 2 is 1.94 bits per heavy atom. The minimum Gasteiger partial charge on any atom is -0.338 e. The summed E-state index contributed by atoms with van der Waals surface area (Å²) in [6.07, 6.45) is 9.09. The molecule has 160 valence electrons. The lowest BCUT2D eigenvalue weighted by atomic mass is 9.99. The summed E-state index contributed by atoms with van der Waals surface area (Å²) >= 11 is 1.44. The maximum Gasteiger partial charge on any atom is 0.321 e. The van der Waals surface area contributed by atoms with E-state index in [1.165, 1.54) is 11.3 Å². The van der Waals surface area contributed by atoms with E-state index in [1.807, 2.05) is 43.6 Å². The Balaban J connectivity index is 1.81. The highest BCUT2D eigenvalue weighted by Gasteiger charge is 2.15. The summed E-state index contributed by atoms with van der Waals surface area (Å²) in [4.78, 5) is 25.3. The molecule has 0 saturated heterocycles. The Labute approximate surface area is 191 Å². The number of unbranched alkanes of at least 4 members (excludes halogenated alkanes) is 1. The zero-order chi connectivity index (χ0) is 22.3. The molecule has 6 nitrogen and oxygen atoms in total. The lowest BCUT2D eigenvalue weighted by Gasteiger charge is -2.07. The normalized spacial score (nSPS) is 10.4. The first-order chi connectivity index (χ1) is 15.7. The first-order valence-corrected chi connectivity index (χ1v) is 11.3. The Kier molecular flexibility index (Phi) is 6.73. The van der Waals surface area contributed by atoms with E-state index in [0.717, 1.165) is 50.9 Å². The smallest absolute Gasteiger partial charge is 0.321 e. The van der Waals surface area contributed by atoms with Crippen LogP contribution in [0.2, 0.25) is 0 Å². The van der Waals surface area contributed by atoms with Gasteiger partial charge in [0.25, 0.3) is 0 Å². The minimum absolute atomic E-state index is 0.266. The van der Waals surface area contributed by atoms with Crippen LogP contribution in [0.4, 0.5) is 9.93 Å². The summed E-state index contributed by atoms with van der Waals surface area (Å²) in [5.74, 6) is 6.36. The van der Waals surface area contributed by atoms with Gasteiger partial charge in [-0.05, 0) is 43.2 Å². The van der Waals surface area contributed by atoms with Gasteiger partial charge in [0.15, 0.2) is 5.13 Å². The molecule has 3 heterocycles. The van der Waals surface area contributed by atoms with Crippen molar-refractivity contribution in [1.82, 2.24) is 20.3 Å². The zero-order valence-electron chi connectivity index (χ0n) is 18.0. The van der Waals surface area contributed by atoms with Gasteiger partial charge >= 0.3 is 6.03 Å². The summed E-state index contributed by atoms with van der Waals surface area (Å²) in [6, 6.07) is 9.85. The van der Waals surface area contributed by atoms with Gasteiger partial charge < -0.3 is 5.32 Å². The summed E-state index contributed by atoms with van der Waals surface area (Å²) in [5, 5.41) is 6.10. The molecular formula is C25H23N5OS. The highest BCUT2D eigenvalue weighted by molar-refractivity contribution is 7.22. The predicted molar refractivity (Wildman–Crippen MR) is 131 cm³/mol. The van der Waals surface area contributed by atoms with E-state index in [0.29, 0.717) is 11.7 Å². The second-order valence-electron chi connectivity index (χ2n) is 7.13. The lowest BCUT2D eigenvalue weighted by Crippen LogP contribution is -2.28. The van der Waals surface area contributed by atoms with E-state index >= 15 is 0 Å². The number of urea groups is 1. The second kappa shape index (κ2) is 10.0. The minimum atomic E-state index is -0.266. The molecule has 0 atom stereocenters. The summed E-state index contributed by atoms with van der Waals surface area (Å²) in [7, 11) is 0. The number of rotatable bonds is 5.